The molecule has 0 atom stereocenters. The molecule has 1 aromatic carbocycles. The summed E-state index contributed by atoms with van der Waals surface area (Å²) in [6.07, 6.45) is 0.774. The van der Waals surface area contributed by atoms with Crippen molar-refractivity contribution in [3.63, 3.8) is 0 Å². The maximum atomic E-state index is 12.6. The fourth-order valence-electron chi connectivity index (χ4n) is 2.84. The molecule has 0 amide bonds. The molecule has 2 heterocycles. The van der Waals surface area contributed by atoms with Crippen LogP contribution >= 0.6 is 0 Å². The Morgan fingerprint density at radius 1 is 1.08 bits per heavy atom. The summed E-state index contributed by atoms with van der Waals surface area (Å²) in [6.45, 7) is 3.26. The second-order valence-corrected chi connectivity index (χ2v) is 5.73. The molecule has 7 heteroatoms. The second kappa shape index (κ2) is 6.35. The lowest BCUT2D eigenvalue weighted by Gasteiger charge is -2.10. The number of imidazole rings is 1. The first kappa shape index (κ1) is 16.0. The van der Waals surface area contributed by atoms with E-state index in [-0.39, 0.29) is 11.2 Å². The largest absolute Gasteiger partial charge is 0.356 e. The van der Waals surface area contributed by atoms with Crippen molar-refractivity contribution in [1.82, 2.24) is 18.7 Å². The maximum Gasteiger partial charge on any atom is 0.332 e. The zero-order chi connectivity index (χ0) is 17.3. The SMILES string of the molecule is CCNc1nc2c(c(=O)n(C)c(=O)n2C)n1CCc1ccccc1. The van der Waals surface area contributed by atoms with E-state index >= 15 is 0 Å². The van der Waals surface area contributed by atoms with Crippen LogP contribution in [0.15, 0.2) is 39.9 Å². The van der Waals surface area contributed by atoms with Crippen molar-refractivity contribution in [2.45, 2.75) is 19.9 Å². The predicted octanol–water partition coefficient (Wildman–Crippen LogP) is 1.11. The number of hydrogen-bond donors (Lipinski definition) is 1. The molecule has 0 aliphatic carbocycles. The van der Waals surface area contributed by atoms with Crippen LogP contribution in [0.3, 0.4) is 0 Å². The van der Waals surface area contributed by atoms with E-state index < -0.39 is 0 Å². The van der Waals surface area contributed by atoms with Crippen LogP contribution in [0.2, 0.25) is 0 Å². The van der Waals surface area contributed by atoms with E-state index in [0.29, 0.717) is 30.2 Å². The van der Waals surface area contributed by atoms with Gasteiger partial charge in [0.25, 0.3) is 5.56 Å². The average molecular weight is 327 g/mol. The first-order valence-corrected chi connectivity index (χ1v) is 7.98. The van der Waals surface area contributed by atoms with Crippen molar-refractivity contribution < 1.29 is 0 Å². The zero-order valence-corrected chi connectivity index (χ0v) is 14.1. The third kappa shape index (κ3) is 2.62. The summed E-state index contributed by atoms with van der Waals surface area (Å²) in [5, 5.41) is 3.18. The van der Waals surface area contributed by atoms with E-state index in [2.05, 4.69) is 22.4 Å². The number of anilines is 1. The number of benzene rings is 1. The molecule has 126 valence electrons. The van der Waals surface area contributed by atoms with Crippen LogP contribution in [0, 0.1) is 0 Å². The van der Waals surface area contributed by atoms with E-state index in [9.17, 15) is 9.59 Å². The lowest BCUT2D eigenvalue weighted by molar-refractivity contribution is 0.687. The summed E-state index contributed by atoms with van der Waals surface area (Å²) < 4.78 is 4.41. The normalized spacial score (nSPS) is 11.1. The highest BCUT2D eigenvalue weighted by atomic mass is 16.2. The summed E-state index contributed by atoms with van der Waals surface area (Å²) >= 11 is 0. The van der Waals surface area contributed by atoms with Gasteiger partial charge in [0.05, 0.1) is 0 Å². The average Bonchev–Trinajstić information content (AvgIpc) is 2.96. The molecule has 1 N–H and O–H groups in total. The van der Waals surface area contributed by atoms with Crippen molar-refractivity contribution in [2.75, 3.05) is 11.9 Å². The number of fused-ring (bicyclic) bond motifs is 1. The molecule has 0 fully saturated rings. The Kier molecular flexibility index (Phi) is 4.24. The van der Waals surface area contributed by atoms with Crippen molar-refractivity contribution in [3.05, 3.63) is 56.7 Å². The van der Waals surface area contributed by atoms with Gasteiger partial charge in [-0.1, -0.05) is 30.3 Å². The molecule has 3 rings (SSSR count). The minimum absolute atomic E-state index is 0.321. The summed E-state index contributed by atoms with van der Waals surface area (Å²) in [7, 11) is 3.12. The Labute approximate surface area is 139 Å². The van der Waals surface area contributed by atoms with Gasteiger partial charge in [-0.05, 0) is 18.9 Å². The third-order valence-corrected chi connectivity index (χ3v) is 4.15. The lowest BCUT2D eigenvalue weighted by atomic mass is 10.1. The molecule has 0 bridgehead atoms. The van der Waals surface area contributed by atoms with E-state index in [1.807, 2.05) is 29.7 Å². The van der Waals surface area contributed by atoms with Gasteiger partial charge in [0.15, 0.2) is 11.2 Å². The molecule has 7 nitrogen and oxygen atoms in total. The fourth-order valence-corrected chi connectivity index (χ4v) is 2.84. The zero-order valence-electron chi connectivity index (χ0n) is 14.1. The van der Waals surface area contributed by atoms with Gasteiger partial charge in [0.1, 0.15) is 0 Å². The minimum atomic E-state index is -0.372. The van der Waals surface area contributed by atoms with Crippen LogP contribution < -0.4 is 16.6 Å². The van der Waals surface area contributed by atoms with Crippen molar-refractivity contribution in [1.29, 1.82) is 0 Å². The van der Waals surface area contributed by atoms with Crippen LogP contribution in [0.1, 0.15) is 12.5 Å². The monoisotopic (exact) mass is 327 g/mol. The Morgan fingerprint density at radius 3 is 2.46 bits per heavy atom. The molecule has 0 saturated heterocycles. The third-order valence-electron chi connectivity index (χ3n) is 4.15. The van der Waals surface area contributed by atoms with Gasteiger partial charge in [-0.15, -0.1) is 0 Å². The molecule has 0 aliphatic rings. The first-order valence-electron chi connectivity index (χ1n) is 7.98. The first-order chi connectivity index (χ1) is 11.5. The van der Waals surface area contributed by atoms with Gasteiger partial charge in [0.2, 0.25) is 5.95 Å². The van der Waals surface area contributed by atoms with Gasteiger partial charge < -0.3 is 9.88 Å². The number of nitrogens with one attached hydrogen (secondary N) is 1. The summed E-state index contributed by atoms with van der Waals surface area (Å²) in [6, 6.07) is 10.1. The van der Waals surface area contributed by atoms with Crippen LogP contribution in [0.4, 0.5) is 5.95 Å². The molecule has 0 unspecified atom stereocenters. The molecule has 24 heavy (non-hydrogen) atoms. The highest BCUT2D eigenvalue weighted by Gasteiger charge is 2.18. The van der Waals surface area contributed by atoms with Gasteiger partial charge in [-0.2, -0.15) is 4.98 Å². The van der Waals surface area contributed by atoms with Gasteiger partial charge in [-0.25, -0.2) is 4.79 Å². The van der Waals surface area contributed by atoms with Crippen LogP contribution in [-0.2, 0) is 27.1 Å². The molecule has 0 aliphatic heterocycles. The molecular weight excluding hydrogens is 306 g/mol. The number of rotatable bonds is 5. The van der Waals surface area contributed by atoms with E-state index in [1.165, 1.54) is 17.2 Å². The smallest absolute Gasteiger partial charge is 0.332 e. The number of aromatic nitrogens is 4. The van der Waals surface area contributed by atoms with Crippen LogP contribution in [0.25, 0.3) is 11.2 Å². The highest BCUT2D eigenvalue weighted by molar-refractivity contribution is 5.74. The van der Waals surface area contributed by atoms with E-state index in [4.69, 9.17) is 0 Å². The van der Waals surface area contributed by atoms with Crippen molar-refractivity contribution in [2.24, 2.45) is 14.1 Å². The van der Waals surface area contributed by atoms with Gasteiger partial charge >= 0.3 is 5.69 Å². The van der Waals surface area contributed by atoms with Crippen LogP contribution in [-0.4, -0.2) is 25.2 Å². The summed E-state index contributed by atoms with van der Waals surface area (Å²) in [4.78, 5) is 29.2. The standard InChI is InChI=1S/C17H21N5O2/c1-4-18-16-19-14-13(15(23)21(3)17(24)20(14)2)22(16)11-10-12-8-6-5-7-9-12/h5-9H,4,10-11H2,1-3H3,(H,18,19). The molecule has 3 aromatic rings. The topological polar surface area (TPSA) is 73.8 Å². The Hall–Kier alpha value is -2.83. The summed E-state index contributed by atoms with van der Waals surface area (Å²) in [5.41, 5.74) is 1.35. The molecular formula is C17H21N5O2. The Bertz CT molecular complexity index is 982. The number of aryl methyl sites for hydroxylation is 3. The quantitative estimate of drug-likeness (QED) is 0.762. The highest BCUT2D eigenvalue weighted by Crippen LogP contribution is 2.16. The minimum Gasteiger partial charge on any atom is -0.356 e. The van der Waals surface area contributed by atoms with E-state index in [0.717, 1.165) is 11.0 Å². The van der Waals surface area contributed by atoms with E-state index in [1.54, 1.807) is 7.05 Å². The predicted molar refractivity (Wildman–Crippen MR) is 94.5 cm³/mol. The van der Waals surface area contributed by atoms with Gasteiger partial charge in [-0.3, -0.25) is 13.9 Å². The molecule has 0 saturated carbocycles. The maximum absolute atomic E-state index is 12.6. The van der Waals surface area contributed by atoms with Crippen molar-refractivity contribution >= 4 is 17.1 Å². The molecule has 2 aromatic heterocycles. The van der Waals surface area contributed by atoms with Crippen LogP contribution in [0.5, 0.6) is 0 Å². The Balaban J connectivity index is 2.15. The number of hydrogen-bond acceptors (Lipinski definition) is 4. The Morgan fingerprint density at radius 2 is 1.79 bits per heavy atom. The molecule has 0 radical (unpaired) electrons. The number of nitrogens with zero attached hydrogens (tertiary/aromatic N) is 4. The molecule has 0 spiro atoms. The summed E-state index contributed by atoms with van der Waals surface area (Å²) in [5.74, 6) is 0.613. The van der Waals surface area contributed by atoms with Gasteiger partial charge in [0, 0.05) is 27.2 Å². The fraction of sp³-hybridized carbons (Fsp3) is 0.353. The second-order valence-electron chi connectivity index (χ2n) is 5.73. The lowest BCUT2D eigenvalue weighted by Crippen LogP contribution is -2.37. The van der Waals surface area contributed by atoms with Crippen molar-refractivity contribution in [3.8, 4) is 0 Å².